The standard InChI is InChI=1S/C9H19NO3/c1-11-9(12-2)3-4-10-5-7-13-8-6-10/h9H,3-8H2,1-2H3. The molecule has 1 fully saturated rings. The van der Waals surface area contributed by atoms with Gasteiger partial charge in [-0.25, -0.2) is 0 Å². The fraction of sp³-hybridized carbons (Fsp3) is 1.00. The van der Waals surface area contributed by atoms with Crippen LogP contribution in [0.5, 0.6) is 0 Å². The molecule has 1 aliphatic heterocycles. The third-order valence-electron chi connectivity index (χ3n) is 2.31. The summed E-state index contributed by atoms with van der Waals surface area (Å²) < 4.78 is 15.5. The van der Waals surface area contributed by atoms with Gasteiger partial charge in [0, 0.05) is 40.3 Å². The molecule has 13 heavy (non-hydrogen) atoms. The molecule has 4 heteroatoms. The van der Waals surface area contributed by atoms with Crippen LogP contribution in [-0.2, 0) is 14.2 Å². The van der Waals surface area contributed by atoms with Crippen LogP contribution in [0, 0.1) is 0 Å². The van der Waals surface area contributed by atoms with E-state index < -0.39 is 0 Å². The van der Waals surface area contributed by atoms with Gasteiger partial charge >= 0.3 is 0 Å². The van der Waals surface area contributed by atoms with Gasteiger partial charge in [0.1, 0.15) is 0 Å². The van der Waals surface area contributed by atoms with Crippen LogP contribution >= 0.6 is 0 Å². The highest BCUT2D eigenvalue weighted by Gasteiger charge is 2.12. The van der Waals surface area contributed by atoms with E-state index in [1.165, 1.54) is 0 Å². The Morgan fingerprint density at radius 3 is 2.38 bits per heavy atom. The molecule has 4 nitrogen and oxygen atoms in total. The third kappa shape index (κ3) is 4.04. The van der Waals surface area contributed by atoms with Gasteiger partial charge in [-0.1, -0.05) is 0 Å². The minimum Gasteiger partial charge on any atom is -0.379 e. The highest BCUT2D eigenvalue weighted by Crippen LogP contribution is 2.02. The van der Waals surface area contributed by atoms with E-state index in [4.69, 9.17) is 14.2 Å². The Morgan fingerprint density at radius 2 is 1.85 bits per heavy atom. The lowest BCUT2D eigenvalue weighted by Gasteiger charge is -2.27. The van der Waals surface area contributed by atoms with E-state index in [1.54, 1.807) is 14.2 Å². The predicted molar refractivity (Wildman–Crippen MR) is 49.7 cm³/mol. The van der Waals surface area contributed by atoms with Gasteiger partial charge in [0.25, 0.3) is 0 Å². The van der Waals surface area contributed by atoms with Crippen molar-refractivity contribution in [1.82, 2.24) is 4.90 Å². The van der Waals surface area contributed by atoms with Crippen LogP contribution in [0.3, 0.4) is 0 Å². The van der Waals surface area contributed by atoms with Crippen LogP contribution in [0.15, 0.2) is 0 Å². The predicted octanol–water partition coefficient (Wildman–Crippen LogP) is 0.328. The second kappa shape index (κ2) is 6.32. The van der Waals surface area contributed by atoms with Gasteiger partial charge < -0.3 is 14.2 Å². The summed E-state index contributed by atoms with van der Waals surface area (Å²) in [6, 6.07) is 0. The molecule has 1 aliphatic rings. The quantitative estimate of drug-likeness (QED) is 0.583. The minimum absolute atomic E-state index is 0.0668. The number of ether oxygens (including phenoxy) is 3. The normalized spacial score (nSPS) is 19.6. The van der Waals surface area contributed by atoms with Crippen LogP contribution in [0.1, 0.15) is 6.42 Å². The summed E-state index contributed by atoms with van der Waals surface area (Å²) in [4.78, 5) is 2.37. The van der Waals surface area contributed by atoms with Gasteiger partial charge in [0.2, 0.25) is 0 Å². The summed E-state index contributed by atoms with van der Waals surface area (Å²) in [5, 5.41) is 0. The molecule has 78 valence electrons. The second-order valence-electron chi connectivity index (χ2n) is 3.14. The maximum absolute atomic E-state index is 5.26. The summed E-state index contributed by atoms with van der Waals surface area (Å²) in [7, 11) is 3.35. The SMILES string of the molecule is COC(CCN1CCOCC1)OC. The van der Waals surface area contributed by atoms with Crippen LogP contribution in [-0.4, -0.2) is 58.3 Å². The molecule has 0 amide bonds. The molecule has 0 aromatic rings. The Hall–Kier alpha value is -0.160. The Balaban J connectivity index is 2.09. The maximum Gasteiger partial charge on any atom is 0.158 e. The first-order valence-corrected chi connectivity index (χ1v) is 4.72. The molecule has 1 saturated heterocycles. The van der Waals surface area contributed by atoms with E-state index >= 15 is 0 Å². The van der Waals surface area contributed by atoms with Gasteiger partial charge in [-0.05, 0) is 0 Å². The van der Waals surface area contributed by atoms with Crippen molar-refractivity contribution in [3.8, 4) is 0 Å². The monoisotopic (exact) mass is 189 g/mol. The average molecular weight is 189 g/mol. The molecule has 0 aromatic carbocycles. The van der Waals surface area contributed by atoms with Gasteiger partial charge in [0.15, 0.2) is 6.29 Å². The highest BCUT2D eigenvalue weighted by molar-refractivity contribution is 4.62. The molecule has 0 spiro atoms. The van der Waals surface area contributed by atoms with Crippen LogP contribution in [0.2, 0.25) is 0 Å². The zero-order chi connectivity index (χ0) is 9.52. The van der Waals surface area contributed by atoms with Crippen molar-refractivity contribution in [3.63, 3.8) is 0 Å². The van der Waals surface area contributed by atoms with Crippen molar-refractivity contribution in [1.29, 1.82) is 0 Å². The molecule has 0 aliphatic carbocycles. The fourth-order valence-corrected chi connectivity index (χ4v) is 1.44. The van der Waals surface area contributed by atoms with Crippen molar-refractivity contribution in [3.05, 3.63) is 0 Å². The van der Waals surface area contributed by atoms with Gasteiger partial charge in [0.05, 0.1) is 13.2 Å². The van der Waals surface area contributed by atoms with Crippen molar-refractivity contribution in [2.75, 3.05) is 47.1 Å². The van der Waals surface area contributed by atoms with Gasteiger partial charge in [-0.15, -0.1) is 0 Å². The number of nitrogens with zero attached hydrogens (tertiary/aromatic N) is 1. The Bertz CT molecular complexity index is 122. The topological polar surface area (TPSA) is 30.9 Å². The first kappa shape index (κ1) is 10.9. The summed E-state index contributed by atoms with van der Waals surface area (Å²) in [5.41, 5.74) is 0. The Labute approximate surface area is 79.8 Å². The number of methoxy groups -OCH3 is 2. The first-order valence-electron chi connectivity index (χ1n) is 4.72. The van der Waals surface area contributed by atoms with Crippen molar-refractivity contribution in [2.24, 2.45) is 0 Å². The van der Waals surface area contributed by atoms with Crippen molar-refractivity contribution < 1.29 is 14.2 Å². The zero-order valence-electron chi connectivity index (χ0n) is 8.49. The molecule has 0 bridgehead atoms. The highest BCUT2D eigenvalue weighted by atomic mass is 16.7. The Morgan fingerprint density at radius 1 is 1.23 bits per heavy atom. The van der Waals surface area contributed by atoms with Crippen molar-refractivity contribution >= 4 is 0 Å². The fourth-order valence-electron chi connectivity index (χ4n) is 1.44. The summed E-state index contributed by atoms with van der Waals surface area (Å²) >= 11 is 0. The largest absolute Gasteiger partial charge is 0.379 e. The number of rotatable bonds is 5. The minimum atomic E-state index is -0.0668. The molecule has 0 aromatic heterocycles. The molecule has 0 radical (unpaired) electrons. The van der Waals surface area contributed by atoms with E-state index in [0.717, 1.165) is 39.3 Å². The van der Waals surface area contributed by atoms with Gasteiger partial charge in [-0.2, -0.15) is 0 Å². The molecular weight excluding hydrogens is 170 g/mol. The summed E-state index contributed by atoms with van der Waals surface area (Å²) in [6.45, 7) is 4.78. The molecule has 0 N–H and O–H groups in total. The second-order valence-corrected chi connectivity index (χ2v) is 3.14. The van der Waals surface area contributed by atoms with Crippen LogP contribution < -0.4 is 0 Å². The van der Waals surface area contributed by atoms with E-state index in [0.29, 0.717) is 0 Å². The summed E-state index contributed by atoms with van der Waals surface area (Å²) in [5.74, 6) is 0. The molecule has 0 atom stereocenters. The lowest BCUT2D eigenvalue weighted by molar-refractivity contribution is -0.111. The lowest BCUT2D eigenvalue weighted by Crippen LogP contribution is -2.38. The van der Waals surface area contributed by atoms with E-state index in [9.17, 15) is 0 Å². The average Bonchev–Trinajstić information content (AvgIpc) is 2.21. The van der Waals surface area contributed by atoms with E-state index in [-0.39, 0.29) is 6.29 Å². The molecule has 1 rings (SSSR count). The molecule has 1 heterocycles. The maximum atomic E-state index is 5.26. The van der Waals surface area contributed by atoms with E-state index in [1.807, 2.05) is 0 Å². The number of hydrogen-bond acceptors (Lipinski definition) is 4. The van der Waals surface area contributed by atoms with Crippen LogP contribution in [0.25, 0.3) is 0 Å². The first-order chi connectivity index (χ1) is 6.36. The summed E-state index contributed by atoms with van der Waals surface area (Å²) in [6.07, 6.45) is 0.857. The zero-order valence-corrected chi connectivity index (χ0v) is 8.49. The Kier molecular flexibility index (Phi) is 5.31. The smallest absolute Gasteiger partial charge is 0.158 e. The number of hydrogen-bond donors (Lipinski definition) is 0. The van der Waals surface area contributed by atoms with Gasteiger partial charge in [-0.3, -0.25) is 4.90 Å². The van der Waals surface area contributed by atoms with E-state index in [2.05, 4.69) is 4.90 Å². The van der Waals surface area contributed by atoms with Crippen molar-refractivity contribution in [2.45, 2.75) is 12.7 Å². The molecule has 0 saturated carbocycles. The lowest BCUT2D eigenvalue weighted by atomic mass is 10.3. The third-order valence-corrected chi connectivity index (χ3v) is 2.31. The molecular formula is C9H19NO3. The number of morpholine rings is 1. The van der Waals surface area contributed by atoms with Crippen LogP contribution in [0.4, 0.5) is 0 Å². The molecule has 0 unspecified atom stereocenters.